The lowest BCUT2D eigenvalue weighted by molar-refractivity contribution is 0.296. The molecule has 1 N–H and O–H groups in total. The second-order valence-corrected chi connectivity index (χ2v) is 9.62. The number of rotatable bonds is 5. The number of hydrogen-bond donors (Lipinski definition) is 1. The highest BCUT2D eigenvalue weighted by molar-refractivity contribution is 14.1. The molecule has 5 rings (SSSR count). The van der Waals surface area contributed by atoms with Gasteiger partial charge in [-0.2, -0.15) is 0 Å². The topological polar surface area (TPSA) is 44.4 Å². The molecule has 164 valence electrons. The van der Waals surface area contributed by atoms with Crippen molar-refractivity contribution in [2.45, 2.75) is 13.5 Å². The Balaban J connectivity index is 1.54. The normalized spacial score (nSPS) is 14.8. The number of benzene rings is 2. The predicted octanol–water partition coefficient (Wildman–Crippen LogP) is 5.47. The van der Waals surface area contributed by atoms with E-state index in [1.807, 2.05) is 18.5 Å². The van der Waals surface area contributed by atoms with Crippen LogP contribution in [0.25, 0.3) is 22.2 Å². The fourth-order valence-corrected chi connectivity index (χ4v) is 4.89. The van der Waals surface area contributed by atoms with Gasteiger partial charge in [0.25, 0.3) is 0 Å². The van der Waals surface area contributed by atoms with Crippen LogP contribution in [0, 0.1) is 10.5 Å². The van der Waals surface area contributed by atoms with Crippen molar-refractivity contribution >= 4 is 39.3 Å². The van der Waals surface area contributed by atoms with Gasteiger partial charge in [0.2, 0.25) is 0 Å². The zero-order valence-corrected chi connectivity index (χ0v) is 20.6. The summed E-state index contributed by atoms with van der Waals surface area (Å²) in [6.07, 6.45) is 3.94. The molecule has 3 heterocycles. The lowest BCUT2D eigenvalue weighted by atomic mass is 10.0. The summed E-state index contributed by atoms with van der Waals surface area (Å²) >= 11 is 2.35. The molecule has 0 radical (unpaired) electrons. The summed E-state index contributed by atoms with van der Waals surface area (Å²) in [5.41, 5.74) is 6.78. The Morgan fingerprint density at radius 2 is 1.81 bits per heavy atom. The van der Waals surface area contributed by atoms with E-state index in [1.165, 1.54) is 20.4 Å². The number of halogens is 1. The van der Waals surface area contributed by atoms with Gasteiger partial charge in [0, 0.05) is 53.1 Å². The second kappa shape index (κ2) is 9.11. The van der Waals surface area contributed by atoms with E-state index in [2.05, 4.69) is 98.8 Å². The fourth-order valence-electron chi connectivity index (χ4n) is 4.32. The molecule has 1 fully saturated rings. The molecule has 1 aliphatic heterocycles. The van der Waals surface area contributed by atoms with E-state index in [0.29, 0.717) is 6.61 Å². The number of aryl methyl sites for hydroxylation is 1. The van der Waals surface area contributed by atoms with Gasteiger partial charge in [-0.25, -0.2) is 4.98 Å². The summed E-state index contributed by atoms with van der Waals surface area (Å²) in [5, 5.41) is 1.15. The molecule has 1 saturated heterocycles. The summed E-state index contributed by atoms with van der Waals surface area (Å²) in [7, 11) is 2.19. The number of nitrogens with one attached hydrogen (secondary N) is 1. The van der Waals surface area contributed by atoms with E-state index in [9.17, 15) is 0 Å². The third-order valence-electron chi connectivity index (χ3n) is 6.14. The van der Waals surface area contributed by atoms with Crippen molar-refractivity contribution in [2.75, 3.05) is 38.1 Å². The minimum absolute atomic E-state index is 0.553. The van der Waals surface area contributed by atoms with Crippen molar-refractivity contribution in [3.05, 3.63) is 75.6 Å². The first-order valence-electron chi connectivity index (χ1n) is 11.0. The summed E-state index contributed by atoms with van der Waals surface area (Å²) in [6.45, 7) is 6.88. The summed E-state index contributed by atoms with van der Waals surface area (Å²) in [5.74, 6) is 0.942. The van der Waals surface area contributed by atoms with E-state index >= 15 is 0 Å². The Kier molecular flexibility index (Phi) is 6.06. The zero-order chi connectivity index (χ0) is 22.1. The third kappa shape index (κ3) is 4.34. The third-order valence-corrected chi connectivity index (χ3v) is 7.03. The first kappa shape index (κ1) is 21.3. The Morgan fingerprint density at radius 3 is 2.59 bits per heavy atom. The van der Waals surface area contributed by atoms with Gasteiger partial charge in [-0.3, -0.25) is 0 Å². The van der Waals surface area contributed by atoms with Crippen LogP contribution in [0.1, 0.15) is 11.1 Å². The quantitative estimate of drug-likeness (QED) is 0.342. The number of H-pyrrole nitrogens is 1. The first-order valence-corrected chi connectivity index (χ1v) is 12.0. The second-order valence-electron chi connectivity index (χ2n) is 8.46. The number of aromatic nitrogens is 2. The number of pyridine rings is 1. The number of anilines is 1. The predicted molar refractivity (Wildman–Crippen MR) is 139 cm³/mol. The summed E-state index contributed by atoms with van der Waals surface area (Å²) in [6, 6.07) is 17.0. The molecule has 2 aromatic carbocycles. The number of piperazine rings is 1. The van der Waals surface area contributed by atoms with Crippen LogP contribution in [-0.2, 0) is 6.61 Å². The van der Waals surface area contributed by atoms with Crippen molar-refractivity contribution in [1.29, 1.82) is 0 Å². The molecule has 32 heavy (non-hydrogen) atoms. The van der Waals surface area contributed by atoms with Gasteiger partial charge in [0.1, 0.15) is 18.0 Å². The average molecular weight is 538 g/mol. The molecule has 0 amide bonds. The highest BCUT2D eigenvalue weighted by Crippen LogP contribution is 2.38. The van der Waals surface area contributed by atoms with Crippen LogP contribution in [0.3, 0.4) is 0 Å². The van der Waals surface area contributed by atoms with Gasteiger partial charge in [0.15, 0.2) is 0 Å². The van der Waals surface area contributed by atoms with Crippen LogP contribution in [0.15, 0.2) is 60.9 Å². The Bertz CT molecular complexity index is 1230. The number of aromatic amines is 1. The number of likely N-dealkylation sites (N-methyl/N-ethyl adjacent to an activating group) is 1. The van der Waals surface area contributed by atoms with Gasteiger partial charge in [-0.1, -0.05) is 30.3 Å². The Morgan fingerprint density at radius 1 is 1.03 bits per heavy atom. The minimum atomic E-state index is 0.553. The zero-order valence-electron chi connectivity index (χ0n) is 18.4. The van der Waals surface area contributed by atoms with Gasteiger partial charge < -0.3 is 19.5 Å². The van der Waals surface area contributed by atoms with E-state index in [1.54, 1.807) is 0 Å². The van der Waals surface area contributed by atoms with E-state index in [4.69, 9.17) is 4.74 Å². The Labute approximate surface area is 202 Å². The summed E-state index contributed by atoms with van der Waals surface area (Å²) < 4.78 is 7.64. The fraction of sp³-hybridized carbons (Fsp3) is 0.269. The highest BCUT2D eigenvalue weighted by atomic mass is 127. The van der Waals surface area contributed by atoms with Crippen LogP contribution in [0.2, 0.25) is 0 Å². The van der Waals surface area contributed by atoms with Crippen LogP contribution in [-0.4, -0.2) is 48.1 Å². The van der Waals surface area contributed by atoms with Crippen LogP contribution in [0.4, 0.5) is 5.69 Å². The van der Waals surface area contributed by atoms with E-state index in [-0.39, 0.29) is 0 Å². The highest BCUT2D eigenvalue weighted by Gasteiger charge is 2.21. The monoisotopic (exact) mass is 538 g/mol. The van der Waals surface area contributed by atoms with Gasteiger partial charge >= 0.3 is 0 Å². The first-order chi connectivity index (χ1) is 15.6. The smallest absolute Gasteiger partial charge is 0.144 e. The van der Waals surface area contributed by atoms with E-state index in [0.717, 1.165) is 54.1 Å². The minimum Gasteiger partial charge on any atom is -0.487 e. The maximum Gasteiger partial charge on any atom is 0.144 e. The average Bonchev–Trinajstić information content (AvgIpc) is 3.19. The molecule has 0 bridgehead atoms. The molecular formula is C26H27IN4O. The summed E-state index contributed by atoms with van der Waals surface area (Å²) in [4.78, 5) is 12.7. The van der Waals surface area contributed by atoms with Gasteiger partial charge in [0.05, 0.1) is 5.69 Å². The van der Waals surface area contributed by atoms with Gasteiger partial charge in [-0.05, 0) is 71.5 Å². The number of ether oxygens (including phenoxy) is 1. The van der Waals surface area contributed by atoms with Crippen molar-refractivity contribution < 1.29 is 4.74 Å². The lowest BCUT2D eigenvalue weighted by Gasteiger charge is -2.36. The molecule has 0 spiro atoms. The number of hydrogen-bond acceptors (Lipinski definition) is 4. The van der Waals surface area contributed by atoms with Crippen molar-refractivity contribution in [2.24, 2.45) is 0 Å². The standard InChI is InChI=1S/C26H27IN4O/c1-18-12-20(21-13-22-23(27)16-29-26(22)28-15-21)14-24(32-17-19-6-4-3-5-7-19)25(18)31-10-8-30(2)9-11-31/h3-7,12-16H,8-11,17H2,1-2H3,(H,28,29). The molecule has 0 aliphatic carbocycles. The van der Waals surface area contributed by atoms with E-state index < -0.39 is 0 Å². The van der Waals surface area contributed by atoms with Gasteiger partial charge in [-0.15, -0.1) is 0 Å². The molecule has 2 aromatic heterocycles. The molecule has 1 aliphatic rings. The molecule has 4 aromatic rings. The molecule has 0 saturated carbocycles. The van der Waals surface area contributed by atoms with Crippen LogP contribution < -0.4 is 9.64 Å². The lowest BCUT2D eigenvalue weighted by Crippen LogP contribution is -2.44. The largest absolute Gasteiger partial charge is 0.487 e. The van der Waals surface area contributed by atoms with Crippen molar-refractivity contribution in [3.63, 3.8) is 0 Å². The van der Waals surface area contributed by atoms with Crippen molar-refractivity contribution in [3.8, 4) is 16.9 Å². The molecule has 0 unspecified atom stereocenters. The number of nitrogens with zero attached hydrogens (tertiary/aromatic N) is 3. The molecule has 6 heteroatoms. The molecule has 0 atom stereocenters. The number of fused-ring (bicyclic) bond motifs is 1. The molecular weight excluding hydrogens is 511 g/mol. The van der Waals surface area contributed by atoms with Crippen molar-refractivity contribution in [1.82, 2.24) is 14.9 Å². The SMILES string of the molecule is Cc1cc(-c2cnc3[nH]cc(I)c3c2)cc(OCc2ccccc2)c1N1CCN(C)CC1. The maximum absolute atomic E-state index is 6.46. The van der Waals surface area contributed by atoms with Crippen LogP contribution in [0.5, 0.6) is 5.75 Å². The molecule has 5 nitrogen and oxygen atoms in total. The maximum atomic E-state index is 6.46. The Hall–Kier alpha value is -2.58. The van der Waals surface area contributed by atoms with Crippen LogP contribution >= 0.6 is 22.6 Å².